The predicted molar refractivity (Wildman–Crippen MR) is 34.7 cm³/mol. The van der Waals surface area contributed by atoms with Crippen LogP contribution in [0.25, 0.3) is 0 Å². The van der Waals surface area contributed by atoms with E-state index in [1.165, 1.54) is 0 Å². The summed E-state index contributed by atoms with van der Waals surface area (Å²) in [6.45, 7) is 2.23. The zero-order chi connectivity index (χ0) is 5.11. The van der Waals surface area contributed by atoms with Crippen LogP contribution in [0, 0.1) is 0 Å². The molecule has 7 heavy (non-hydrogen) atoms. The molecule has 0 aliphatic carbocycles. The zero-order valence-electron chi connectivity index (χ0n) is 4.39. The SMILES string of the molecule is C[C]1=[Tl][CH]=CC=C1. The Labute approximate surface area is 55.6 Å². The Kier molecular flexibility index (Phi) is 1.97. The van der Waals surface area contributed by atoms with Crippen LogP contribution >= 0.6 is 0 Å². The van der Waals surface area contributed by atoms with E-state index in [4.69, 9.17) is 0 Å². The molecule has 0 aromatic heterocycles. The van der Waals surface area contributed by atoms with E-state index in [1.54, 1.807) is 3.06 Å². The fraction of sp³-hybridized carbons (Fsp3) is 0.167. The van der Waals surface area contributed by atoms with Crippen LogP contribution in [0.2, 0.25) is 0 Å². The summed E-state index contributed by atoms with van der Waals surface area (Å²) in [6, 6.07) is 0. The molecule has 0 N–H and O–H groups in total. The van der Waals surface area contributed by atoms with Gasteiger partial charge in [0.1, 0.15) is 0 Å². The van der Waals surface area contributed by atoms with Gasteiger partial charge in [-0.15, -0.1) is 0 Å². The van der Waals surface area contributed by atoms with Crippen LogP contribution < -0.4 is 0 Å². The van der Waals surface area contributed by atoms with Crippen molar-refractivity contribution in [1.82, 2.24) is 0 Å². The Morgan fingerprint density at radius 1 is 1.43 bits per heavy atom. The van der Waals surface area contributed by atoms with Gasteiger partial charge in [-0.25, -0.2) is 0 Å². The van der Waals surface area contributed by atoms with Gasteiger partial charge < -0.3 is 0 Å². The number of rotatable bonds is 0. The Morgan fingerprint density at radius 3 is 2.57 bits per heavy atom. The van der Waals surface area contributed by atoms with E-state index in [9.17, 15) is 0 Å². The van der Waals surface area contributed by atoms with E-state index in [0.29, 0.717) is 0 Å². The van der Waals surface area contributed by atoms with Gasteiger partial charge in [-0.2, -0.15) is 0 Å². The maximum atomic E-state index is 2.37. The molecule has 0 fully saturated rings. The van der Waals surface area contributed by atoms with Crippen LogP contribution in [-0.2, 0) is 0 Å². The van der Waals surface area contributed by atoms with Gasteiger partial charge in [0.25, 0.3) is 0 Å². The fourth-order valence-electron chi connectivity index (χ4n) is 0.534. The van der Waals surface area contributed by atoms with Gasteiger partial charge in [-0.05, 0) is 0 Å². The predicted octanol–water partition coefficient (Wildman–Crippen LogP) is 0.966. The summed E-state index contributed by atoms with van der Waals surface area (Å²) in [5, 5.41) is 0. The Balaban J connectivity index is 2.82. The van der Waals surface area contributed by atoms with E-state index in [0.717, 1.165) is 0 Å². The third-order valence-electron chi connectivity index (χ3n) is 0.940. The Bertz CT molecular complexity index is 140. The monoisotopic (exact) mass is 284 g/mol. The molecule has 34 valence electrons. The van der Waals surface area contributed by atoms with Crippen molar-refractivity contribution in [3.05, 3.63) is 21.9 Å². The molecule has 1 aliphatic heterocycles. The molecule has 0 unspecified atom stereocenters. The van der Waals surface area contributed by atoms with Gasteiger partial charge in [-0.3, -0.25) is 0 Å². The summed E-state index contributed by atoms with van der Waals surface area (Å²) >= 11 is -0.444. The molecule has 0 bridgehead atoms. The van der Waals surface area contributed by atoms with E-state index >= 15 is 0 Å². The first-order valence-corrected chi connectivity index (χ1v) is 7.25. The van der Waals surface area contributed by atoms with Crippen molar-refractivity contribution in [2.45, 2.75) is 6.92 Å². The van der Waals surface area contributed by atoms with Crippen molar-refractivity contribution >= 4 is 26.8 Å². The second-order valence-corrected chi connectivity index (χ2v) is 7.99. The van der Waals surface area contributed by atoms with Crippen molar-refractivity contribution in [2.24, 2.45) is 0 Å². The fourth-order valence-corrected chi connectivity index (χ4v) is 3.51. The average molecular weight is 284 g/mol. The molecule has 0 radical (unpaired) electrons. The van der Waals surface area contributed by atoms with Gasteiger partial charge in [-0.1, -0.05) is 0 Å². The Hall–Kier alpha value is 0.272. The number of allylic oxidation sites excluding steroid dienone is 3. The van der Waals surface area contributed by atoms with Crippen LogP contribution in [0.5, 0.6) is 0 Å². The van der Waals surface area contributed by atoms with Crippen LogP contribution in [0.1, 0.15) is 6.92 Å². The molecule has 1 rings (SSSR count). The van der Waals surface area contributed by atoms with Gasteiger partial charge >= 0.3 is 55.6 Å². The normalized spacial score (nSPS) is 15.9. The van der Waals surface area contributed by atoms with Gasteiger partial charge in [0.2, 0.25) is 0 Å². The van der Waals surface area contributed by atoms with Gasteiger partial charge in [0.05, 0.1) is 0 Å². The van der Waals surface area contributed by atoms with Crippen LogP contribution in [0.15, 0.2) is 21.9 Å². The van der Waals surface area contributed by atoms with E-state index in [-0.39, 0.29) is 0 Å². The summed E-state index contributed by atoms with van der Waals surface area (Å²) in [5.41, 5.74) is 0. The van der Waals surface area contributed by atoms with Gasteiger partial charge in [0.15, 0.2) is 0 Å². The van der Waals surface area contributed by atoms with Crippen LogP contribution in [-0.4, -0.2) is 26.8 Å². The van der Waals surface area contributed by atoms with Crippen molar-refractivity contribution in [3.8, 4) is 0 Å². The van der Waals surface area contributed by atoms with Crippen molar-refractivity contribution < 1.29 is 0 Å². The Morgan fingerprint density at radius 2 is 2.29 bits per heavy atom. The molecular formula is C6H7Tl. The first-order chi connectivity index (χ1) is 3.39. The van der Waals surface area contributed by atoms with E-state index in [1.807, 2.05) is 0 Å². The first-order valence-electron chi connectivity index (χ1n) is 2.41. The summed E-state index contributed by atoms with van der Waals surface area (Å²) in [6.07, 6.45) is 6.52. The first kappa shape index (κ1) is 5.41. The molecule has 1 aliphatic rings. The third-order valence-corrected chi connectivity index (χ3v) is 5.34. The molecule has 0 aromatic carbocycles. The summed E-state index contributed by atoms with van der Waals surface area (Å²) in [5.74, 6) is 0. The molecular weight excluding hydrogens is 276 g/mol. The molecule has 0 nitrogen and oxygen atoms in total. The van der Waals surface area contributed by atoms with Gasteiger partial charge in [0, 0.05) is 0 Å². The average Bonchev–Trinajstić information content (AvgIpc) is 1.69. The number of hydrogen-bond donors (Lipinski definition) is 0. The topological polar surface area (TPSA) is 0 Å². The quantitative estimate of drug-likeness (QED) is 0.581. The maximum absolute atomic E-state index is 2.37. The third kappa shape index (κ3) is 1.67. The van der Waals surface area contributed by atoms with E-state index in [2.05, 4.69) is 28.8 Å². The molecule has 0 saturated carbocycles. The zero-order valence-corrected chi connectivity index (χ0v) is 8.88. The minimum absolute atomic E-state index is 0.444. The molecule has 0 aromatic rings. The van der Waals surface area contributed by atoms with Crippen LogP contribution in [0.3, 0.4) is 0 Å². The minimum atomic E-state index is -0.444. The summed E-state index contributed by atoms with van der Waals surface area (Å²) in [7, 11) is 0. The molecule has 0 saturated heterocycles. The standard InChI is InChI=1S/C6H7.Tl/c1-3-5-6-4-2;/h1,3,5-6H,2H3;. The molecule has 0 spiro atoms. The molecule has 1 heteroatoms. The second-order valence-electron chi connectivity index (χ2n) is 1.65. The summed E-state index contributed by atoms with van der Waals surface area (Å²) < 4.78 is 4.03. The van der Waals surface area contributed by atoms with Crippen LogP contribution in [0.4, 0.5) is 0 Å². The second kappa shape index (κ2) is 2.55. The van der Waals surface area contributed by atoms with Crippen molar-refractivity contribution in [1.29, 1.82) is 0 Å². The molecule has 0 amide bonds. The number of hydrogen-bond acceptors (Lipinski definition) is 0. The molecule has 1 heterocycles. The molecule has 0 atom stereocenters. The summed E-state index contributed by atoms with van der Waals surface area (Å²) in [4.78, 5) is 0. The van der Waals surface area contributed by atoms with E-state index < -0.39 is 23.7 Å². The van der Waals surface area contributed by atoms with Crippen molar-refractivity contribution in [3.63, 3.8) is 0 Å². The van der Waals surface area contributed by atoms with Crippen molar-refractivity contribution in [2.75, 3.05) is 0 Å².